The normalized spacial score (nSPS) is 20.5. The van der Waals surface area contributed by atoms with E-state index in [9.17, 15) is 4.79 Å². The maximum atomic E-state index is 10.7. The van der Waals surface area contributed by atoms with Crippen molar-refractivity contribution in [3.8, 4) is 0 Å². The first-order chi connectivity index (χ1) is 7.33. The summed E-state index contributed by atoms with van der Waals surface area (Å²) in [6.07, 6.45) is 3.33. The molecule has 1 amide bonds. The average Bonchev–Trinajstić information content (AvgIpc) is 2.75. The number of carbonyl (C=O) groups excluding carboxylic acids is 1. The minimum Gasteiger partial charge on any atom is -0.379 e. The Bertz CT molecular complexity index is 184. The Morgan fingerprint density at radius 3 is 3.13 bits per heavy atom. The molecule has 1 aliphatic rings. The highest BCUT2D eigenvalue weighted by molar-refractivity contribution is 6.27. The van der Waals surface area contributed by atoms with Crippen LogP contribution in [0, 0.1) is 0 Å². The Kier molecular flexibility index (Phi) is 6.72. The van der Waals surface area contributed by atoms with Crippen LogP contribution >= 0.6 is 11.6 Å². The van der Waals surface area contributed by atoms with Crippen molar-refractivity contribution in [1.29, 1.82) is 0 Å². The minimum atomic E-state index is -0.129. The molecule has 4 nitrogen and oxygen atoms in total. The first-order valence-corrected chi connectivity index (χ1v) is 5.88. The molecule has 1 rings (SSSR count). The van der Waals surface area contributed by atoms with Crippen molar-refractivity contribution in [3.05, 3.63) is 0 Å². The molecule has 1 aliphatic heterocycles. The molecule has 1 fully saturated rings. The van der Waals surface area contributed by atoms with Crippen molar-refractivity contribution in [2.75, 3.05) is 32.2 Å². The molecule has 88 valence electrons. The molecule has 0 aromatic carbocycles. The molecule has 0 aromatic rings. The van der Waals surface area contributed by atoms with Crippen molar-refractivity contribution in [2.24, 2.45) is 0 Å². The Balaban J connectivity index is 1.82. The Hall–Kier alpha value is -0.320. The maximum absolute atomic E-state index is 10.7. The summed E-state index contributed by atoms with van der Waals surface area (Å²) in [6.45, 7) is 2.81. The molecular formula is C10H18ClNO3. The van der Waals surface area contributed by atoms with Crippen LogP contribution in [-0.4, -0.2) is 44.3 Å². The zero-order valence-electron chi connectivity index (χ0n) is 8.84. The smallest absolute Gasteiger partial charge is 0.234 e. The summed E-state index contributed by atoms with van der Waals surface area (Å²) >= 11 is 5.32. The summed E-state index contributed by atoms with van der Waals surface area (Å²) in [5, 5.41) is 2.68. The fraction of sp³-hybridized carbons (Fsp3) is 0.900. The Labute approximate surface area is 95.3 Å². The van der Waals surface area contributed by atoms with Crippen molar-refractivity contribution < 1.29 is 14.3 Å². The highest BCUT2D eigenvalue weighted by atomic mass is 35.5. The van der Waals surface area contributed by atoms with Crippen LogP contribution in [0.15, 0.2) is 0 Å². The van der Waals surface area contributed by atoms with Crippen molar-refractivity contribution in [1.82, 2.24) is 5.32 Å². The Morgan fingerprint density at radius 2 is 2.47 bits per heavy atom. The third-order valence-corrected chi connectivity index (χ3v) is 2.48. The number of rotatable bonds is 7. The lowest BCUT2D eigenvalue weighted by Crippen LogP contribution is -2.26. The molecule has 0 bridgehead atoms. The topological polar surface area (TPSA) is 47.6 Å². The van der Waals surface area contributed by atoms with E-state index in [1.54, 1.807) is 0 Å². The summed E-state index contributed by atoms with van der Waals surface area (Å²) in [4.78, 5) is 10.7. The van der Waals surface area contributed by atoms with Crippen LogP contribution in [0.2, 0.25) is 0 Å². The predicted molar refractivity (Wildman–Crippen MR) is 58.1 cm³/mol. The summed E-state index contributed by atoms with van der Waals surface area (Å²) in [5.41, 5.74) is 0. The zero-order chi connectivity index (χ0) is 10.9. The van der Waals surface area contributed by atoms with Gasteiger partial charge in [-0.15, -0.1) is 11.6 Å². The molecular weight excluding hydrogens is 218 g/mol. The number of alkyl halides is 1. The highest BCUT2D eigenvalue weighted by Gasteiger charge is 2.14. The van der Waals surface area contributed by atoms with Crippen LogP contribution in [0.4, 0.5) is 0 Å². The lowest BCUT2D eigenvalue weighted by molar-refractivity contribution is -0.118. The third-order valence-electron chi connectivity index (χ3n) is 2.24. The molecule has 0 radical (unpaired) electrons. The van der Waals surface area contributed by atoms with E-state index in [0.29, 0.717) is 19.8 Å². The molecule has 1 heterocycles. The lowest BCUT2D eigenvalue weighted by atomic mass is 10.2. The fourth-order valence-corrected chi connectivity index (χ4v) is 1.53. The van der Waals surface area contributed by atoms with Crippen LogP contribution < -0.4 is 5.32 Å². The summed E-state index contributed by atoms with van der Waals surface area (Å²) in [7, 11) is 0. The number of nitrogens with one attached hydrogen (secondary N) is 1. The van der Waals surface area contributed by atoms with Gasteiger partial charge >= 0.3 is 0 Å². The number of carbonyl (C=O) groups is 1. The van der Waals surface area contributed by atoms with Crippen LogP contribution in [0.1, 0.15) is 19.3 Å². The number of halogens is 1. The van der Waals surface area contributed by atoms with Crippen molar-refractivity contribution in [3.63, 3.8) is 0 Å². The van der Waals surface area contributed by atoms with Gasteiger partial charge in [-0.1, -0.05) is 0 Å². The molecule has 0 spiro atoms. The van der Waals surface area contributed by atoms with E-state index in [1.807, 2.05) is 0 Å². The van der Waals surface area contributed by atoms with Gasteiger partial charge in [-0.25, -0.2) is 0 Å². The minimum absolute atomic E-state index is 0.0246. The second kappa shape index (κ2) is 7.91. The van der Waals surface area contributed by atoms with E-state index < -0.39 is 0 Å². The van der Waals surface area contributed by atoms with Gasteiger partial charge in [0.05, 0.1) is 12.7 Å². The first-order valence-electron chi connectivity index (χ1n) is 5.35. The second-order valence-corrected chi connectivity index (χ2v) is 3.81. The number of amides is 1. The van der Waals surface area contributed by atoms with E-state index in [0.717, 1.165) is 25.9 Å². The average molecular weight is 236 g/mol. The monoisotopic (exact) mass is 235 g/mol. The number of hydrogen-bond donors (Lipinski definition) is 1. The van der Waals surface area contributed by atoms with E-state index in [2.05, 4.69) is 5.32 Å². The SMILES string of the molecule is O=C(CCl)NCCCOCC1CCCO1. The zero-order valence-corrected chi connectivity index (χ0v) is 9.59. The number of ether oxygens (including phenoxy) is 2. The molecule has 0 aliphatic carbocycles. The third kappa shape index (κ3) is 5.97. The van der Waals surface area contributed by atoms with Gasteiger partial charge in [0.25, 0.3) is 0 Å². The van der Waals surface area contributed by atoms with Gasteiger partial charge in [0.2, 0.25) is 5.91 Å². The maximum Gasteiger partial charge on any atom is 0.234 e. The van der Waals surface area contributed by atoms with E-state index in [-0.39, 0.29) is 17.9 Å². The van der Waals surface area contributed by atoms with Crippen LogP contribution in [0.5, 0.6) is 0 Å². The van der Waals surface area contributed by atoms with Crippen LogP contribution in [0.25, 0.3) is 0 Å². The van der Waals surface area contributed by atoms with E-state index >= 15 is 0 Å². The van der Waals surface area contributed by atoms with Crippen molar-refractivity contribution in [2.45, 2.75) is 25.4 Å². The van der Waals surface area contributed by atoms with E-state index in [4.69, 9.17) is 21.1 Å². The van der Waals surface area contributed by atoms with Gasteiger partial charge in [0.1, 0.15) is 5.88 Å². The van der Waals surface area contributed by atoms with Gasteiger partial charge in [0.15, 0.2) is 0 Å². The second-order valence-electron chi connectivity index (χ2n) is 3.55. The highest BCUT2D eigenvalue weighted by Crippen LogP contribution is 2.11. The fourth-order valence-electron chi connectivity index (χ4n) is 1.44. The molecule has 5 heteroatoms. The van der Waals surface area contributed by atoms with Gasteiger partial charge in [0, 0.05) is 19.8 Å². The van der Waals surface area contributed by atoms with Crippen molar-refractivity contribution >= 4 is 17.5 Å². The molecule has 1 unspecified atom stereocenters. The molecule has 0 saturated carbocycles. The van der Waals surface area contributed by atoms with Crippen LogP contribution in [0.3, 0.4) is 0 Å². The summed E-state index contributed by atoms with van der Waals surface area (Å²) < 4.78 is 10.8. The molecule has 1 atom stereocenters. The summed E-state index contributed by atoms with van der Waals surface area (Å²) in [5.74, 6) is -0.104. The standard InChI is InChI=1S/C10H18ClNO3/c11-7-10(13)12-4-2-5-14-8-9-3-1-6-15-9/h9H,1-8H2,(H,12,13). The molecule has 0 aromatic heterocycles. The predicted octanol–water partition coefficient (Wildman–Crippen LogP) is 0.927. The largest absolute Gasteiger partial charge is 0.379 e. The van der Waals surface area contributed by atoms with Gasteiger partial charge in [-0.2, -0.15) is 0 Å². The molecule has 1 saturated heterocycles. The molecule has 1 N–H and O–H groups in total. The van der Waals surface area contributed by atoms with Crippen LogP contribution in [-0.2, 0) is 14.3 Å². The Morgan fingerprint density at radius 1 is 1.60 bits per heavy atom. The van der Waals surface area contributed by atoms with Gasteiger partial charge < -0.3 is 14.8 Å². The first kappa shape index (κ1) is 12.7. The van der Waals surface area contributed by atoms with Gasteiger partial charge in [-0.3, -0.25) is 4.79 Å². The number of hydrogen-bond acceptors (Lipinski definition) is 3. The lowest BCUT2D eigenvalue weighted by Gasteiger charge is -2.09. The molecule has 15 heavy (non-hydrogen) atoms. The van der Waals surface area contributed by atoms with E-state index in [1.165, 1.54) is 0 Å². The summed E-state index contributed by atoms with van der Waals surface area (Å²) in [6, 6.07) is 0. The quantitative estimate of drug-likeness (QED) is 0.528. The van der Waals surface area contributed by atoms with Gasteiger partial charge in [-0.05, 0) is 19.3 Å².